The summed E-state index contributed by atoms with van der Waals surface area (Å²) in [5.74, 6) is -2.02. The highest BCUT2D eigenvalue weighted by atomic mass is 19.1. The van der Waals surface area contributed by atoms with Gasteiger partial charge in [0.05, 0.1) is 0 Å². The van der Waals surface area contributed by atoms with E-state index in [1.807, 2.05) is 0 Å². The first-order valence-electron chi connectivity index (χ1n) is 5.99. The Morgan fingerprint density at radius 2 is 2.16 bits per heavy atom. The topological polar surface area (TPSA) is 66.8 Å². The minimum Gasteiger partial charge on any atom is -0.481 e. The Morgan fingerprint density at radius 1 is 1.42 bits per heavy atom. The molecule has 1 aromatic carbocycles. The quantitative estimate of drug-likeness (QED) is 0.892. The van der Waals surface area contributed by atoms with Crippen LogP contribution in [-0.4, -0.2) is 41.1 Å². The maximum absolute atomic E-state index is 13.3. The van der Waals surface area contributed by atoms with Crippen LogP contribution in [0.15, 0.2) is 24.3 Å². The molecule has 6 heteroatoms. The molecular formula is C13H14FNO4. The maximum Gasteiger partial charge on any atom is 0.326 e. The number of ether oxygens (including phenoxy) is 1. The van der Waals surface area contributed by atoms with E-state index in [0.717, 1.165) is 0 Å². The van der Waals surface area contributed by atoms with E-state index in [-0.39, 0.29) is 12.4 Å². The lowest BCUT2D eigenvalue weighted by Crippen LogP contribution is -2.42. The van der Waals surface area contributed by atoms with Gasteiger partial charge in [0, 0.05) is 6.54 Å². The Labute approximate surface area is 109 Å². The second kappa shape index (κ2) is 5.69. The van der Waals surface area contributed by atoms with Gasteiger partial charge in [0.1, 0.15) is 6.04 Å². The van der Waals surface area contributed by atoms with Gasteiger partial charge in [-0.2, -0.15) is 0 Å². The lowest BCUT2D eigenvalue weighted by atomic mass is 10.2. The molecule has 1 atom stereocenters. The van der Waals surface area contributed by atoms with Gasteiger partial charge in [-0.3, -0.25) is 4.79 Å². The van der Waals surface area contributed by atoms with E-state index >= 15 is 0 Å². The predicted molar refractivity (Wildman–Crippen MR) is 64.3 cm³/mol. The first-order chi connectivity index (χ1) is 9.09. The van der Waals surface area contributed by atoms with Crippen molar-refractivity contribution in [2.45, 2.75) is 18.9 Å². The fraction of sp³-hybridized carbons (Fsp3) is 0.385. The van der Waals surface area contributed by atoms with Gasteiger partial charge in [-0.05, 0) is 25.0 Å². The lowest BCUT2D eigenvalue weighted by molar-refractivity contribution is -0.149. The molecule has 5 nitrogen and oxygen atoms in total. The lowest BCUT2D eigenvalue weighted by Gasteiger charge is -2.21. The van der Waals surface area contributed by atoms with Crippen molar-refractivity contribution in [1.82, 2.24) is 4.90 Å². The number of amides is 1. The molecule has 0 saturated carbocycles. The second-order valence-electron chi connectivity index (χ2n) is 4.30. The van der Waals surface area contributed by atoms with Crippen LogP contribution in [0.3, 0.4) is 0 Å². The van der Waals surface area contributed by atoms with Crippen molar-refractivity contribution >= 4 is 11.9 Å². The number of carboxylic acids is 1. The third kappa shape index (κ3) is 3.01. The van der Waals surface area contributed by atoms with Crippen LogP contribution in [0.1, 0.15) is 12.8 Å². The van der Waals surface area contributed by atoms with E-state index in [2.05, 4.69) is 0 Å². The van der Waals surface area contributed by atoms with Gasteiger partial charge >= 0.3 is 5.97 Å². The molecule has 0 bridgehead atoms. The molecule has 2 rings (SSSR count). The van der Waals surface area contributed by atoms with Gasteiger partial charge < -0.3 is 14.7 Å². The van der Waals surface area contributed by atoms with E-state index in [0.29, 0.717) is 19.4 Å². The minimum atomic E-state index is -1.02. The smallest absolute Gasteiger partial charge is 0.326 e. The molecule has 0 radical (unpaired) electrons. The number of carbonyl (C=O) groups is 2. The molecule has 0 aromatic heterocycles. The number of rotatable bonds is 4. The highest BCUT2D eigenvalue weighted by Gasteiger charge is 2.33. The third-order valence-corrected chi connectivity index (χ3v) is 3.05. The van der Waals surface area contributed by atoms with Crippen LogP contribution in [0, 0.1) is 5.82 Å². The number of halogens is 1. The van der Waals surface area contributed by atoms with Crippen LogP contribution >= 0.6 is 0 Å². The normalized spacial score (nSPS) is 18.4. The largest absolute Gasteiger partial charge is 0.481 e. The Morgan fingerprint density at radius 3 is 2.84 bits per heavy atom. The Kier molecular flexibility index (Phi) is 3.99. The van der Waals surface area contributed by atoms with E-state index < -0.39 is 23.7 Å². The molecule has 1 aromatic rings. The van der Waals surface area contributed by atoms with Crippen LogP contribution < -0.4 is 4.74 Å². The first kappa shape index (κ1) is 13.3. The van der Waals surface area contributed by atoms with Crippen molar-refractivity contribution in [3.8, 4) is 5.75 Å². The molecule has 1 heterocycles. The average molecular weight is 267 g/mol. The summed E-state index contributed by atoms with van der Waals surface area (Å²) in [6.45, 7) is 0.0428. The summed E-state index contributed by atoms with van der Waals surface area (Å²) in [6, 6.07) is 4.97. The molecule has 19 heavy (non-hydrogen) atoms. The summed E-state index contributed by atoms with van der Waals surface area (Å²) in [5.41, 5.74) is 0. The van der Waals surface area contributed by atoms with Crippen LogP contribution in [0.2, 0.25) is 0 Å². The third-order valence-electron chi connectivity index (χ3n) is 3.05. The van der Waals surface area contributed by atoms with E-state index in [1.165, 1.54) is 23.1 Å². The molecule has 1 saturated heterocycles. The molecule has 1 aliphatic heterocycles. The number of para-hydroxylation sites is 1. The first-order valence-corrected chi connectivity index (χ1v) is 5.99. The minimum absolute atomic E-state index is 0.0121. The van der Waals surface area contributed by atoms with E-state index in [4.69, 9.17) is 9.84 Å². The standard InChI is InChI=1S/C13H14FNO4/c14-9-4-1-2-6-11(9)19-8-12(16)15-7-3-5-10(15)13(17)18/h1-2,4,6,10H,3,5,7-8H2,(H,17,18)/t10-/m0/s1. The van der Waals surface area contributed by atoms with Crippen molar-refractivity contribution in [3.63, 3.8) is 0 Å². The number of nitrogens with zero attached hydrogens (tertiary/aromatic N) is 1. The number of hydrogen-bond acceptors (Lipinski definition) is 3. The van der Waals surface area contributed by atoms with Crippen LogP contribution in [-0.2, 0) is 9.59 Å². The molecule has 0 unspecified atom stereocenters. The molecule has 0 spiro atoms. The Balaban J connectivity index is 1.95. The van der Waals surface area contributed by atoms with Crippen molar-refractivity contribution in [2.75, 3.05) is 13.2 Å². The summed E-state index contributed by atoms with van der Waals surface area (Å²) in [6.07, 6.45) is 1.10. The molecule has 1 amide bonds. The summed E-state index contributed by atoms with van der Waals surface area (Å²) in [7, 11) is 0. The zero-order valence-electron chi connectivity index (χ0n) is 10.2. The molecule has 102 valence electrons. The van der Waals surface area contributed by atoms with Crippen molar-refractivity contribution in [3.05, 3.63) is 30.1 Å². The van der Waals surface area contributed by atoms with Crippen LogP contribution in [0.5, 0.6) is 5.75 Å². The zero-order chi connectivity index (χ0) is 13.8. The Bertz CT molecular complexity index is 491. The number of aliphatic carboxylic acids is 1. The van der Waals surface area contributed by atoms with Crippen LogP contribution in [0.4, 0.5) is 4.39 Å². The van der Waals surface area contributed by atoms with Crippen molar-refractivity contribution < 1.29 is 23.8 Å². The highest BCUT2D eigenvalue weighted by Crippen LogP contribution is 2.19. The number of carbonyl (C=O) groups excluding carboxylic acids is 1. The van der Waals surface area contributed by atoms with Crippen molar-refractivity contribution in [2.24, 2.45) is 0 Å². The van der Waals surface area contributed by atoms with Gasteiger partial charge in [-0.25, -0.2) is 9.18 Å². The molecule has 0 aliphatic carbocycles. The fourth-order valence-electron chi connectivity index (χ4n) is 2.11. The summed E-state index contributed by atoms with van der Waals surface area (Å²) in [4.78, 5) is 24.1. The molecule has 1 fully saturated rings. The van der Waals surface area contributed by atoms with Gasteiger partial charge in [0.2, 0.25) is 0 Å². The maximum atomic E-state index is 13.3. The van der Waals surface area contributed by atoms with Gasteiger partial charge in [0.25, 0.3) is 5.91 Å². The average Bonchev–Trinajstić information content (AvgIpc) is 2.87. The predicted octanol–water partition coefficient (Wildman–Crippen LogP) is 1.28. The van der Waals surface area contributed by atoms with E-state index in [9.17, 15) is 14.0 Å². The van der Waals surface area contributed by atoms with Gasteiger partial charge in [-0.15, -0.1) is 0 Å². The van der Waals surface area contributed by atoms with Crippen LogP contribution in [0.25, 0.3) is 0 Å². The van der Waals surface area contributed by atoms with Gasteiger partial charge in [-0.1, -0.05) is 12.1 Å². The monoisotopic (exact) mass is 267 g/mol. The van der Waals surface area contributed by atoms with E-state index in [1.54, 1.807) is 6.07 Å². The molecular weight excluding hydrogens is 253 g/mol. The summed E-state index contributed by atoms with van der Waals surface area (Å²) < 4.78 is 18.4. The number of benzene rings is 1. The number of hydrogen-bond donors (Lipinski definition) is 1. The fourth-order valence-corrected chi connectivity index (χ4v) is 2.11. The zero-order valence-corrected chi connectivity index (χ0v) is 10.2. The second-order valence-corrected chi connectivity index (χ2v) is 4.30. The van der Waals surface area contributed by atoms with Crippen molar-refractivity contribution in [1.29, 1.82) is 0 Å². The Hall–Kier alpha value is -2.11. The molecule has 1 N–H and O–H groups in total. The highest BCUT2D eigenvalue weighted by molar-refractivity contribution is 5.85. The molecule has 1 aliphatic rings. The number of carboxylic acid groups (broad SMARTS) is 1. The summed E-state index contributed by atoms with van der Waals surface area (Å²) in [5, 5.41) is 8.97. The SMILES string of the molecule is O=C(O)[C@@H]1CCCN1C(=O)COc1ccccc1F. The van der Waals surface area contributed by atoms with Gasteiger partial charge in [0.15, 0.2) is 18.2 Å². The summed E-state index contributed by atoms with van der Waals surface area (Å²) >= 11 is 0. The number of likely N-dealkylation sites (tertiary alicyclic amines) is 1.